The number of ether oxygens (including phenoxy) is 4. The SMILES string of the molecule is [B]C(P)(COCC(C)OC(=O)C(C(CC(=O)O)C(=O)OC(C)COCC(F)(P)C(P)(I)C(F)(F)F)S(=O)(=O)O)C([B])(F)C(C)(P)P. The number of carbonyl (C=O) groups is 3. The third kappa shape index (κ3) is 13.2. The number of carboxylic acids is 1. The van der Waals surface area contributed by atoms with Gasteiger partial charge in [0.05, 0.1) is 52.2 Å². The molecule has 0 fully saturated rings. The van der Waals surface area contributed by atoms with Gasteiger partial charge in [0.2, 0.25) is 0 Å². The Morgan fingerprint density at radius 1 is 0.870 bits per heavy atom. The molecule has 0 aromatic carbocycles. The highest BCUT2D eigenvalue weighted by Gasteiger charge is 2.62. The van der Waals surface area contributed by atoms with Gasteiger partial charge in [-0.25, -0.2) is 4.39 Å². The van der Waals surface area contributed by atoms with Crippen LogP contribution in [0.1, 0.15) is 27.2 Å². The van der Waals surface area contributed by atoms with Gasteiger partial charge in [0.1, 0.15) is 20.1 Å². The Bertz CT molecular complexity index is 1190. The Hall–Kier alpha value is 0.900. The summed E-state index contributed by atoms with van der Waals surface area (Å²) < 4.78 is 121. The van der Waals surface area contributed by atoms with E-state index in [-0.39, 0.29) is 0 Å². The fraction of sp³-hybridized carbons (Fsp3) is 0.857. The van der Waals surface area contributed by atoms with E-state index in [4.69, 9.17) is 34.6 Å². The molecule has 264 valence electrons. The van der Waals surface area contributed by atoms with Gasteiger partial charge >= 0.3 is 24.1 Å². The highest BCUT2D eigenvalue weighted by Crippen LogP contribution is 2.55. The molecular weight excluding hydrogens is 859 g/mol. The van der Waals surface area contributed by atoms with Crippen molar-refractivity contribution in [1.29, 1.82) is 0 Å². The lowest BCUT2D eigenvalue weighted by atomic mass is 9.61. The number of aliphatic carboxylic acids is 1. The number of carboxylic acid groups (broad SMARTS) is 1. The summed E-state index contributed by atoms with van der Waals surface area (Å²) in [6.45, 7) is 0.676. The van der Waals surface area contributed by atoms with E-state index in [0.717, 1.165) is 29.5 Å². The first-order valence-corrected chi connectivity index (χ1v) is 18.1. The predicted molar refractivity (Wildman–Crippen MR) is 186 cm³/mol. The minimum absolute atomic E-state index is 0.533. The Kier molecular flexibility index (Phi) is 17.8. The minimum Gasteiger partial charge on any atom is -0.481 e. The molecule has 0 saturated carbocycles. The zero-order valence-electron chi connectivity index (χ0n) is 24.6. The molecule has 0 aliphatic rings. The highest BCUT2D eigenvalue weighted by molar-refractivity contribution is 14.1. The normalized spacial score (nSPS) is 20.8. The van der Waals surface area contributed by atoms with Crippen LogP contribution in [0.5, 0.6) is 0 Å². The van der Waals surface area contributed by atoms with E-state index in [2.05, 4.69) is 18.5 Å². The molecule has 2 N–H and O–H groups in total. The number of halogens is 6. The zero-order chi connectivity index (χ0) is 36.9. The van der Waals surface area contributed by atoms with Gasteiger partial charge in [0.25, 0.3) is 10.1 Å². The quantitative estimate of drug-likeness (QED) is 0.0373. The summed E-state index contributed by atoms with van der Waals surface area (Å²) in [5.41, 5.74) is -2.55. The van der Waals surface area contributed by atoms with Gasteiger partial charge in [-0.05, 0) is 18.9 Å². The van der Waals surface area contributed by atoms with Crippen LogP contribution in [0.4, 0.5) is 22.0 Å². The summed E-state index contributed by atoms with van der Waals surface area (Å²) in [6, 6.07) is 0. The van der Waals surface area contributed by atoms with E-state index in [0.29, 0.717) is 0 Å². The van der Waals surface area contributed by atoms with E-state index in [9.17, 15) is 50.0 Å². The van der Waals surface area contributed by atoms with Crippen molar-refractivity contribution in [3.05, 3.63) is 0 Å². The summed E-state index contributed by atoms with van der Waals surface area (Å²) in [5.74, 6) is -7.63. The summed E-state index contributed by atoms with van der Waals surface area (Å²) in [5, 5.41) is 1.48. The van der Waals surface area contributed by atoms with Crippen molar-refractivity contribution in [2.45, 2.75) is 74.9 Å². The largest absolute Gasteiger partial charge is 0.481 e. The molecule has 13 atom stereocenters. The smallest absolute Gasteiger partial charge is 0.410 e. The van der Waals surface area contributed by atoms with Crippen LogP contribution < -0.4 is 0 Å². The van der Waals surface area contributed by atoms with Crippen molar-refractivity contribution in [2.75, 3.05) is 26.4 Å². The molecule has 0 amide bonds. The molecular formula is C21H35B2F5IO11P5S. The first-order chi connectivity index (χ1) is 20.2. The van der Waals surface area contributed by atoms with Crippen LogP contribution in [0.2, 0.25) is 0 Å². The van der Waals surface area contributed by atoms with E-state index >= 15 is 4.39 Å². The van der Waals surface area contributed by atoms with Gasteiger partial charge < -0.3 is 24.1 Å². The molecule has 0 spiro atoms. The lowest BCUT2D eigenvalue weighted by molar-refractivity contribution is -0.166. The van der Waals surface area contributed by atoms with Crippen molar-refractivity contribution in [1.82, 2.24) is 0 Å². The van der Waals surface area contributed by atoms with Gasteiger partial charge in [-0.2, -0.15) is 21.6 Å². The predicted octanol–water partition coefficient (Wildman–Crippen LogP) is 2.38. The first-order valence-electron chi connectivity index (χ1n) is 12.6. The highest BCUT2D eigenvalue weighted by atomic mass is 127. The summed E-state index contributed by atoms with van der Waals surface area (Å²) in [7, 11) is 15.1. The second-order valence-corrected chi connectivity index (χ2v) is 21.1. The van der Waals surface area contributed by atoms with Crippen molar-refractivity contribution in [2.24, 2.45) is 5.92 Å². The summed E-state index contributed by atoms with van der Waals surface area (Å²) in [6.07, 6.45) is -9.15. The summed E-state index contributed by atoms with van der Waals surface area (Å²) in [4.78, 5) is 35.8. The fourth-order valence-electron chi connectivity index (χ4n) is 3.33. The number of hydrogen-bond acceptors (Lipinski definition) is 9. The molecule has 0 saturated heterocycles. The van der Waals surface area contributed by atoms with E-state index in [1.54, 1.807) is 0 Å². The number of alkyl halides is 6. The fourth-order valence-corrected chi connectivity index (χ4v) is 6.07. The van der Waals surface area contributed by atoms with Crippen LogP contribution in [0, 0.1) is 5.92 Å². The van der Waals surface area contributed by atoms with Crippen molar-refractivity contribution in [3.8, 4) is 0 Å². The molecule has 0 bridgehead atoms. The standard InChI is InChI=1S/C21H35B2F5IO11P5S/c1-9(6-38-8-18(24,44)20(29,45)21(26,27)28)39-14(32)11(4-12(30)31)13(46(34,35)36)15(33)40-10(2)5-37-7-17(22,43)19(23,25)16(3,41)42/h9-11,13H,4-8,41-45H2,1-3H3,(H,30,31)(H,34,35,36). The third-order valence-electron chi connectivity index (χ3n) is 6.09. The minimum atomic E-state index is -5.55. The van der Waals surface area contributed by atoms with Crippen LogP contribution in [0.15, 0.2) is 0 Å². The van der Waals surface area contributed by atoms with Crippen LogP contribution in [-0.2, 0) is 43.4 Å². The van der Waals surface area contributed by atoms with Crippen LogP contribution in [0.3, 0.4) is 0 Å². The molecule has 13 unspecified atom stereocenters. The molecule has 11 nitrogen and oxygen atoms in total. The van der Waals surface area contributed by atoms with Gasteiger partial charge in [-0.1, -0.05) is 38.8 Å². The van der Waals surface area contributed by atoms with Crippen molar-refractivity contribution < 1.29 is 73.4 Å². The molecule has 4 radical (unpaired) electrons. The first kappa shape index (κ1) is 46.9. The zero-order valence-corrected chi connectivity index (χ0v) is 33.4. The van der Waals surface area contributed by atoms with Crippen LogP contribution >= 0.6 is 68.8 Å². The summed E-state index contributed by atoms with van der Waals surface area (Å²) >= 11 is 0.828. The molecule has 0 aliphatic heterocycles. The lowest BCUT2D eigenvalue weighted by Gasteiger charge is -2.47. The molecule has 0 heterocycles. The molecule has 25 heteroatoms. The average molecular weight is 894 g/mol. The molecule has 0 aliphatic carbocycles. The van der Waals surface area contributed by atoms with E-state index in [1.807, 2.05) is 9.24 Å². The number of hydrogen-bond donors (Lipinski definition) is 2. The second-order valence-electron chi connectivity index (χ2n) is 10.8. The monoisotopic (exact) mass is 894 g/mol. The van der Waals surface area contributed by atoms with Gasteiger partial charge in [0, 0.05) is 4.90 Å². The van der Waals surface area contributed by atoms with E-state index < -0.39 is 115 Å². The Morgan fingerprint density at radius 3 is 1.65 bits per heavy atom. The second kappa shape index (κ2) is 17.4. The Balaban J connectivity index is 5.67. The average Bonchev–Trinajstić information content (AvgIpc) is 2.80. The molecule has 0 aromatic rings. The topological polar surface area (TPSA) is 163 Å². The van der Waals surface area contributed by atoms with Gasteiger partial charge in [-0.3, -0.25) is 23.3 Å². The Morgan fingerprint density at radius 2 is 1.28 bits per heavy atom. The van der Waals surface area contributed by atoms with Gasteiger partial charge in [0.15, 0.2) is 13.8 Å². The molecule has 46 heavy (non-hydrogen) atoms. The third-order valence-corrected chi connectivity index (χ3v) is 12.5. The maximum Gasteiger partial charge on any atom is 0.410 e. The maximum atomic E-state index is 15.1. The number of esters is 2. The van der Waals surface area contributed by atoms with Crippen molar-refractivity contribution >= 4 is 113 Å². The maximum absolute atomic E-state index is 15.1. The molecule has 0 rings (SSSR count). The van der Waals surface area contributed by atoms with Crippen LogP contribution in [0.25, 0.3) is 0 Å². The Labute approximate surface area is 291 Å². The van der Waals surface area contributed by atoms with Crippen LogP contribution in [-0.4, -0.2) is 126 Å². The molecule has 0 aromatic heterocycles. The van der Waals surface area contributed by atoms with Gasteiger partial charge in [-0.15, -0.1) is 37.0 Å². The number of carbonyl (C=O) groups excluding carboxylic acids is 2. The lowest BCUT2D eigenvalue weighted by Crippen LogP contribution is -2.59. The number of rotatable bonds is 19. The van der Waals surface area contributed by atoms with Crippen molar-refractivity contribution in [3.63, 3.8) is 0 Å². The van der Waals surface area contributed by atoms with E-state index in [1.165, 1.54) is 32.3 Å².